The fourth-order valence-corrected chi connectivity index (χ4v) is 9.58. The molecule has 1 N–H and O–H groups in total. The average molecular weight is 375 g/mol. The van der Waals surface area contributed by atoms with Crippen molar-refractivity contribution in [3.63, 3.8) is 0 Å². The maximum absolute atomic E-state index is 9.27. The van der Waals surface area contributed by atoms with Crippen LogP contribution in [0.15, 0.2) is 0 Å². The molecular formula is C19H38O5Si. The van der Waals surface area contributed by atoms with Crippen molar-refractivity contribution in [3.8, 4) is 0 Å². The molecule has 5 atom stereocenters. The summed E-state index contributed by atoms with van der Waals surface area (Å²) in [7, 11) is -0.736. The van der Waals surface area contributed by atoms with Gasteiger partial charge < -0.3 is 23.4 Å². The third-order valence-electron chi connectivity index (χ3n) is 5.77. The monoisotopic (exact) mass is 374 g/mol. The van der Waals surface area contributed by atoms with Crippen molar-refractivity contribution in [1.29, 1.82) is 0 Å². The molecule has 0 aromatic heterocycles. The van der Waals surface area contributed by atoms with Crippen LogP contribution in [0.25, 0.3) is 0 Å². The fraction of sp³-hybridized carbons (Fsp3) is 1.00. The van der Waals surface area contributed by atoms with Gasteiger partial charge in [-0.25, -0.2) is 0 Å². The Morgan fingerprint density at radius 3 is 2.20 bits per heavy atom. The lowest BCUT2D eigenvalue weighted by Gasteiger charge is -2.57. The van der Waals surface area contributed by atoms with E-state index in [1.807, 2.05) is 0 Å². The van der Waals surface area contributed by atoms with Gasteiger partial charge in [-0.2, -0.15) is 0 Å². The molecule has 0 saturated carbocycles. The molecule has 2 aliphatic rings. The number of rotatable bonds is 4. The molecule has 2 fully saturated rings. The van der Waals surface area contributed by atoms with Gasteiger partial charge in [0.25, 0.3) is 0 Å². The lowest BCUT2D eigenvalue weighted by atomic mass is 9.89. The first-order valence-corrected chi connectivity index (χ1v) is 11.4. The van der Waals surface area contributed by atoms with Crippen molar-refractivity contribution in [3.05, 3.63) is 0 Å². The van der Waals surface area contributed by atoms with E-state index in [9.17, 15) is 5.11 Å². The molecule has 148 valence electrons. The summed E-state index contributed by atoms with van der Waals surface area (Å²) < 4.78 is 25.4. The van der Waals surface area contributed by atoms with Crippen LogP contribution in [0.5, 0.6) is 0 Å². The third kappa shape index (κ3) is 3.99. The topological polar surface area (TPSA) is 57.2 Å². The molecule has 5 nitrogen and oxygen atoms in total. The second-order valence-electron chi connectivity index (χ2n) is 9.72. The van der Waals surface area contributed by atoms with Gasteiger partial charge in [-0.15, -0.1) is 0 Å². The summed E-state index contributed by atoms with van der Waals surface area (Å²) in [5, 5.41) is 9.21. The van der Waals surface area contributed by atoms with Gasteiger partial charge in [-0.05, 0) is 12.3 Å². The second kappa shape index (κ2) is 7.56. The molecule has 25 heavy (non-hydrogen) atoms. The van der Waals surface area contributed by atoms with Crippen LogP contribution >= 0.6 is 0 Å². The molecule has 2 saturated heterocycles. The summed E-state index contributed by atoms with van der Waals surface area (Å²) in [6.07, 6.45) is 1.47. The van der Waals surface area contributed by atoms with Crippen LogP contribution in [0, 0.1) is 5.92 Å². The molecule has 0 aromatic rings. The van der Waals surface area contributed by atoms with Gasteiger partial charge in [-0.3, -0.25) is 0 Å². The van der Waals surface area contributed by atoms with E-state index < -0.39 is 8.56 Å². The van der Waals surface area contributed by atoms with E-state index in [1.165, 1.54) is 0 Å². The van der Waals surface area contributed by atoms with Crippen LogP contribution in [-0.2, 0) is 18.3 Å². The first-order chi connectivity index (χ1) is 11.5. The highest BCUT2D eigenvalue weighted by atomic mass is 28.4. The van der Waals surface area contributed by atoms with Gasteiger partial charge in [0.1, 0.15) is 6.10 Å². The lowest BCUT2D eigenvalue weighted by Crippen LogP contribution is -2.67. The smallest absolute Gasteiger partial charge is 0.349 e. The zero-order valence-electron chi connectivity index (χ0n) is 17.3. The Balaban J connectivity index is 2.22. The van der Waals surface area contributed by atoms with E-state index in [0.29, 0.717) is 13.0 Å². The van der Waals surface area contributed by atoms with Gasteiger partial charge in [0.2, 0.25) is 0 Å². The standard InChI is InChI=1S/C19H38O5Si/c1-13(9-10-20)17-15(21-8)11-14-16(23-17)12-22-25(24-14,18(2,3)4)19(5,6)7/h13-17,20H,9-12H2,1-8H3/t13-,14+,15-,16?,17-/m0/s1. The van der Waals surface area contributed by atoms with E-state index in [2.05, 4.69) is 48.5 Å². The number of aliphatic hydroxyl groups excluding tert-OH is 1. The van der Waals surface area contributed by atoms with Crippen molar-refractivity contribution in [2.45, 2.75) is 95.8 Å². The molecule has 1 unspecified atom stereocenters. The van der Waals surface area contributed by atoms with Crippen LogP contribution in [0.1, 0.15) is 61.3 Å². The van der Waals surface area contributed by atoms with Gasteiger partial charge in [-0.1, -0.05) is 48.5 Å². The molecule has 2 rings (SSSR count). The van der Waals surface area contributed by atoms with E-state index in [1.54, 1.807) is 7.11 Å². The second-order valence-corrected chi connectivity index (χ2v) is 14.5. The number of hydrogen-bond acceptors (Lipinski definition) is 5. The van der Waals surface area contributed by atoms with Gasteiger partial charge in [0, 0.05) is 30.2 Å². The number of fused-ring (bicyclic) bond motifs is 1. The lowest BCUT2D eigenvalue weighted by molar-refractivity contribution is -0.217. The molecule has 0 bridgehead atoms. The zero-order valence-corrected chi connectivity index (χ0v) is 18.3. The van der Waals surface area contributed by atoms with Crippen molar-refractivity contribution in [2.75, 3.05) is 20.3 Å². The summed E-state index contributed by atoms with van der Waals surface area (Å²) >= 11 is 0. The molecule has 6 heteroatoms. The van der Waals surface area contributed by atoms with Crippen LogP contribution in [0.4, 0.5) is 0 Å². The SMILES string of the molecule is CO[C@H]1C[C@H]2O[Si](C(C)(C)C)(C(C)(C)C)OCC2O[C@H]1[C@@H](C)CCO. The minimum Gasteiger partial charge on any atom is -0.396 e. The average Bonchev–Trinajstić information content (AvgIpc) is 2.51. The minimum atomic E-state index is -2.48. The molecule has 0 aliphatic carbocycles. The van der Waals surface area contributed by atoms with E-state index >= 15 is 0 Å². The maximum Gasteiger partial charge on any atom is 0.349 e. The Hall–Kier alpha value is 0.0169. The van der Waals surface area contributed by atoms with Gasteiger partial charge >= 0.3 is 8.56 Å². The van der Waals surface area contributed by atoms with E-state index in [0.717, 1.165) is 6.42 Å². The highest BCUT2D eigenvalue weighted by molar-refractivity contribution is 6.73. The predicted molar refractivity (Wildman–Crippen MR) is 101 cm³/mol. The first kappa shape index (κ1) is 21.3. The number of ether oxygens (including phenoxy) is 2. The van der Waals surface area contributed by atoms with Crippen molar-refractivity contribution in [1.82, 2.24) is 0 Å². The Kier molecular flexibility index (Phi) is 6.45. The van der Waals surface area contributed by atoms with Gasteiger partial charge in [0.05, 0.1) is 24.9 Å². The normalized spacial score (nSPS) is 34.4. The maximum atomic E-state index is 9.27. The number of aliphatic hydroxyl groups is 1. The number of hydrogen-bond donors (Lipinski definition) is 1. The van der Waals surface area contributed by atoms with Crippen LogP contribution in [0.3, 0.4) is 0 Å². The summed E-state index contributed by atoms with van der Waals surface area (Å²) in [4.78, 5) is 0. The summed E-state index contributed by atoms with van der Waals surface area (Å²) in [5.74, 6) is 0.241. The van der Waals surface area contributed by atoms with Crippen molar-refractivity contribution >= 4 is 8.56 Å². The third-order valence-corrected chi connectivity index (χ3v) is 10.9. The zero-order chi connectivity index (χ0) is 19.0. The van der Waals surface area contributed by atoms with Gasteiger partial charge in [0.15, 0.2) is 0 Å². The minimum absolute atomic E-state index is 0.00691. The first-order valence-electron chi connectivity index (χ1n) is 9.57. The van der Waals surface area contributed by atoms with Crippen molar-refractivity contribution < 1.29 is 23.4 Å². The molecule has 0 radical (unpaired) electrons. The molecule has 0 amide bonds. The summed E-state index contributed by atoms with van der Waals surface area (Å²) in [6.45, 7) is 16.3. The van der Waals surface area contributed by atoms with E-state index in [-0.39, 0.29) is 47.0 Å². The van der Waals surface area contributed by atoms with Crippen LogP contribution < -0.4 is 0 Å². The Labute approximate surface area is 154 Å². The van der Waals surface area contributed by atoms with E-state index in [4.69, 9.17) is 18.3 Å². The quantitative estimate of drug-likeness (QED) is 0.762. The Morgan fingerprint density at radius 2 is 1.72 bits per heavy atom. The molecule has 0 spiro atoms. The highest BCUT2D eigenvalue weighted by Crippen LogP contribution is 2.55. The molecule has 0 aromatic carbocycles. The Morgan fingerprint density at radius 1 is 1.12 bits per heavy atom. The fourth-order valence-electron chi connectivity index (χ4n) is 4.62. The van der Waals surface area contributed by atoms with Crippen molar-refractivity contribution in [2.24, 2.45) is 5.92 Å². The largest absolute Gasteiger partial charge is 0.396 e. The highest BCUT2D eigenvalue weighted by Gasteiger charge is 2.63. The van der Waals surface area contributed by atoms with Crippen LogP contribution in [-0.4, -0.2) is 58.4 Å². The molecule has 2 heterocycles. The predicted octanol–water partition coefficient (Wildman–Crippen LogP) is 3.64. The molecule has 2 aliphatic heterocycles. The Bertz CT molecular complexity index is 428. The number of methoxy groups -OCH3 is 1. The molecular weight excluding hydrogens is 336 g/mol. The van der Waals surface area contributed by atoms with Crippen LogP contribution in [0.2, 0.25) is 10.1 Å². The summed E-state index contributed by atoms with van der Waals surface area (Å²) in [5.41, 5.74) is 0. The summed E-state index contributed by atoms with van der Waals surface area (Å²) in [6, 6.07) is 0.